The van der Waals surface area contributed by atoms with Gasteiger partial charge in [-0.3, -0.25) is 9.59 Å². The first kappa shape index (κ1) is 17.7. The fraction of sp³-hybridized carbons (Fsp3) is 0.625. The van der Waals surface area contributed by atoms with E-state index < -0.39 is 6.04 Å². The minimum absolute atomic E-state index is 0.0374. The van der Waals surface area contributed by atoms with E-state index in [-0.39, 0.29) is 11.8 Å². The average Bonchev–Trinajstić information content (AvgIpc) is 2.58. The van der Waals surface area contributed by atoms with Gasteiger partial charge in [-0.15, -0.1) is 0 Å². The molecule has 1 aliphatic heterocycles. The van der Waals surface area contributed by atoms with Crippen molar-refractivity contribution in [3.8, 4) is 0 Å². The zero-order valence-corrected chi connectivity index (χ0v) is 14.5. The van der Waals surface area contributed by atoms with E-state index in [0.717, 1.165) is 24.3 Å². The number of carbonyl (C=O) groups excluding carboxylic acids is 2. The fourth-order valence-corrected chi connectivity index (χ4v) is 3.37. The van der Waals surface area contributed by atoms with E-state index in [9.17, 15) is 9.59 Å². The fourth-order valence-electron chi connectivity index (χ4n) is 2.90. The Bertz CT molecular complexity index is 518. The molecule has 1 aromatic heterocycles. The van der Waals surface area contributed by atoms with Crippen molar-refractivity contribution in [1.82, 2.24) is 20.2 Å². The topological polar surface area (TPSA) is 75.2 Å². The highest BCUT2D eigenvalue weighted by Crippen LogP contribution is 2.26. The zero-order chi connectivity index (χ0) is 16.7. The molecule has 1 saturated heterocycles. The molecule has 1 fully saturated rings. The van der Waals surface area contributed by atoms with Crippen LogP contribution in [0.15, 0.2) is 18.6 Å². The molecule has 0 aliphatic carbocycles. The lowest BCUT2D eigenvalue weighted by atomic mass is 9.93. The van der Waals surface area contributed by atoms with E-state index in [0.29, 0.717) is 25.4 Å². The molecule has 1 atom stereocenters. The first-order valence-corrected chi connectivity index (χ1v) is 9.32. The van der Waals surface area contributed by atoms with Gasteiger partial charge < -0.3 is 10.2 Å². The van der Waals surface area contributed by atoms with Crippen molar-refractivity contribution in [2.75, 3.05) is 25.1 Å². The third kappa shape index (κ3) is 5.20. The first-order chi connectivity index (χ1) is 11.1. The summed E-state index contributed by atoms with van der Waals surface area (Å²) in [7, 11) is 0. The first-order valence-electron chi connectivity index (χ1n) is 7.92. The molecule has 126 valence electrons. The van der Waals surface area contributed by atoms with Gasteiger partial charge in [-0.25, -0.2) is 9.97 Å². The molecule has 0 spiro atoms. The number of aromatic nitrogens is 2. The molecule has 0 unspecified atom stereocenters. The minimum Gasteiger partial charge on any atom is -0.345 e. The van der Waals surface area contributed by atoms with Gasteiger partial charge in [0, 0.05) is 37.8 Å². The number of rotatable bonds is 6. The number of hydrogen-bond donors (Lipinski definition) is 1. The Kier molecular flexibility index (Phi) is 6.83. The van der Waals surface area contributed by atoms with Crippen molar-refractivity contribution in [3.63, 3.8) is 0 Å². The average molecular weight is 336 g/mol. The maximum atomic E-state index is 12.7. The number of thioether (sulfide) groups is 1. The van der Waals surface area contributed by atoms with Gasteiger partial charge >= 0.3 is 0 Å². The number of likely N-dealkylation sites (tertiary alicyclic amines) is 1. The summed E-state index contributed by atoms with van der Waals surface area (Å²) >= 11 is 1.68. The molecule has 0 saturated carbocycles. The predicted octanol–water partition coefficient (Wildman–Crippen LogP) is 1.44. The van der Waals surface area contributed by atoms with Crippen molar-refractivity contribution in [1.29, 1.82) is 0 Å². The van der Waals surface area contributed by atoms with Gasteiger partial charge in [-0.05, 0) is 37.3 Å². The summed E-state index contributed by atoms with van der Waals surface area (Å²) in [4.78, 5) is 34.1. The van der Waals surface area contributed by atoms with Crippen LogP contribution in [0, 0.1) is 0 Å². The SMILES string of the molecule is CSCC[C@H](NC(C)=O)C(=O)N1CCC(c2ccncn2)CC1. The number of piperidine rings is 1. The molecule has 2 amide bonds. The lowest BCUT2D eigenvalue weighted by Crippen LogP contribution is -2.50. The van der Waals surface area contributed by atoms with Crippen molar-refractivity contribution >= 4 is 23.6 Å². The van der Waals surface area contributed by atoms with Gasteiger partial charge in [0.2, 0.25) is 11.8 Å². The summed E-state index contributed by atoms with van der Waals surface area (Å²) < 4.78 is 0. The minimum atomic E-state index is -0.407. The quantitative estimate of drug-likeness (QED) is 0.851. The second kappa shape index (κ2) is 8.86. The van der Waals surface area contributed by atoms with E-state index in [4.69, 9.17) is 0 Å². The van der Waals surface area contributed by atoms with Crippen LogP contribution in [0.2, 0.25) is 0 Å². The highest BCUT2D eigenvalue weighted by molar-refractivity contribution is 7.98. The molecule has 0 radical (unpaired) electrons. The number of nitrogens with zero attached hydrogens (tertiary/aromatic N) is 3. The molecule has 23 heavy (non-hydrogen) atoms. The molecule has 7 heteroatoms. The molecule has 0 aromatic carbocycles. The van der Waals surface area contributed by atoms with Crippen LogP contribution < -0.4 is 5.32 Å². The smallest absolute Gasteiger partial charge is 0.245 e. The highest BCUT2D eigenvalue weighted by Gasteiger charge is 2.29. The van der Waals surface area contributed by atoms with E-state index in [1.54, 1.807) is 24.3 Å². The van der Waals surface area contributed by atoms with E-state index in [1.807, 2.05) is 17.2 Å². The van der Waals surface area contributed by atoms with Crippen LogP contribution in [-0.2, 0) is 9.59 Å². The number of nitrogens with one attached hydrogen (secondary N) is 1. The number of carbonyl (C=O) groups is 2. The summed E-state index contributed by atoms with van der Waals surface area (Å²) in [6, 6.07) is 1.54. The predicted molar refractivity (Wildman–Crippen MR) is 91.2 cm³/mol. The Morgan fingerprint density at radius 1 is 1.43 bits per heavy atom. The van der Waals surface area contributed by atoms with Gasteiger partial charge in [0.15, 0.2) is 0 Å². The maximum absolute atomic E-state index is 12.7. The molecule has 0 bridgehead atoms. The van der Waals surface area contributed by atoms with Crippen LogP contribution in [0.1, 0.15) is 37.8 Å². The van der Waals surface area contributed by atoms with Crippen LogP contribution in [0.25, 0.3) is 0 Å². The van der Waals surface area contributed by atoms with Crippen LogP contribution in [0.4, 0.5) is 0 Å². The standard InChI is InChI=1S/C16H24N4O2S/c1-12(21)19-15(6-10-23-2)16(22)20-8-4-13(5-9-20)14-3-7-17-11-18-14/h3,7,11,13,15H,4-6,8-10H2,1-2H3,(H,19,21)/t15-/m0/s1. The summed E-state index contributed by atoms with van der Waals surface area (Å²) in [5.41, 5.74) is 1.05. The highest BCUT2D eigenvalue weighted by atomic mass is 32.2. The van der Waals surface area contributed by atoms with Gasteiger partial charge in [0.05, 0.1) is 0 Å². The van der Waals surface area contributed by atoms with E-state index >= 15 is 0 Å². The van der Waals surface area contributed by atoms with Crippen molar-refractivity contribution in [2.45, 2.75) is 38.1 Å². The lowest BCUT2D eigenvalue weighted by molar-refractivity contribution is -0.137. The third-order valence-corrected chi connectivity index (χ3v) is 4.76. The molecular formula is C16H24N4O2S. The maximum Gasteiger partial charge on any atom is 0.245 e. The molecule has 1 aliphatic rings. The summed E-state index contributed by atoms with van der Waals surface area (Å²) in [6.07, 6.45) is 7.81. The Morgan fingerprint density at radius 3 is 2.74 bits per heavy atom. The van der Waals surface area contributed by atoms with Crippen LogP contribution in [0.3, 0.4) is 0 Å². The molecule has 2 rings (SSSR count). The molecule has 2 heterocycles. The second-order valence-electron chi connectivity index (χ2n) is 5.77. The molecule has 1 aromatic rings. The monoisotopic (exact) mass is 336 g/mol. The van der Waals surface area contributed by atoms with Gasteiger partial charge in [-0.1, -0.05) is 0 Å². The largest absolute Gasteiger partial charge is 0.345 e. The van der Waals surface area contributed by atoms with E-state index in [2.05, 4.69) is 15.3 Å². The van der Waals surface area contributed by atoms with Gasteiger partial charge in [0.1, 0.15) is 12.4 Å². The Hall–Kier alpha value is -1.63. The van der Waals surface area contributed by atoms with Crippen LogP contribution >= 0.6 is 11.8 Å². The van der Waals surface area contributed by atoms with E-state index in [1.165, 1.54) is 6.92 Å². The Balaban J connectivity index is 1.91. The summed E-state index contributed by atoms with van der Waals surface area (Å²) in [6.45, 7) is 2.88. The van der Waals surface area contributed by atoms with Gasteiger partial charge in [-0.2, -0.15) is 11.8 Å². The number of hydrogen-bond acceptors (Lipinski definition) is 5. The zero-order valence-electron chi connectivity index (χ0n) is 13.7. The van der Waals surface area contributed by atoms with Gasteiger partial charge in [0.25, 0.3) is 0 Å². The number of amides is 2. The Labute approximate surface area is 141 Å². The van der Waals surface area contributed by atoms with Crippen LogP contribution in [0.5, 0.6) is 0 Å². The van der Waals surface area contributed by atoms with Crippen molar-refractivity contribution in [3.05, 3.63) is 24.3 Å². The molecular weight excluding hydrogens is 312 g/mol. The van der Waals surface area contributed by atoms with Crippen molar-refractivity contribution < 1.29 is 9.59 Å². The molecule has 1 N–H and O–H groups in total. The van der Waals surface area contributed by atoms with Crippen molar-refractivity contribution in [2.24, 2.45) is 0 Å². The summed E-state index contributed by atoms with van der Waals surface area (Å²) in [5, 5.41) is 2.79. The molecule has 6 nitrogen and oxygen atoms in total. The summed E-state index contributed by atoms with van der Waals surface area (Å²) in [5.74, 6) is 1.12. The van der Waals surface area contributed by atoms with Crippen LogP contribution in [-0.4, -0.2) is 57.8 Å². The Morgan fingerprint density at radius 2 is 2.17 bits per heavy atom. The second-order valence-corrected chi connectivity index (χ2v) is 6.75. The normalized spacial score (nSPS) is 16.9. The third-order valence-electron chi connectivity index (χ3n) is 4.12. The lowest BCUT2D eigenvalue weighted by Gasteiger charge is -2.34.